The molecule has 2 rings (SSSR count). The fraction of sp³-hybridized carbons (Fsp3) is 0.538. The SMILES string of the molecule is Fc1cccc(CC(Cl)C2CCCOC2)c1. The fourth-order valence-electron chi connectivity index (χ4n) is 2.11. The normalized spacial score (nSPS) is 23.0. The zero-order valence-corrected chi connectivity index (χ0v) is 9.92. The topological polar surface area (TPSA) is 9.23 Å². The van der Waals surface area contributed by atoms with Gasteiger partial charge in [-0.25, -0.2) is 4.39 Å². The summed E-state index contributed by atoms with van der Waals surface area (Å²) in [6, 6.07) is 6.66. The highest BCUT2D eigenvalue weighted by atomic mass is 35.5. The van der Waals surface area contributed by atoms with E-state index >= 15 is 0 Å². The van der Waals surface area contributed by atoms with Crippen LogP contribution in [0.25, 0.3) is 0 Å². The highest BCUT2D eigenvalue weighted by Gasteiger charge is 2.22. The third kappa shape index (κ3) is 3.19. The summed E-state index contributed by atoms with van der Waals surface area (Å²) in [4.78, 5) is 0. The van der Waals surface area contributed by atoms with Crippen LogP contribution >= 0.6 is 11.6 Å². The van der Waals surface area contributed by atoms with Gasteiger partial charge >= 0.3 is 0 Å². The Kier molecular flexibility index (Phi) is 4.19. The highest BCUT2D eigenvalue weighted by Crippen LogP contribution is 2.24. The van der Waals surface area contributed by atoms with Crippen LogP contribution in [-0.4, -0.2) is 18.6 Å². The van der Waals surface area contributed by atoms with Crippen LogP contribution in [0.4, 0.5) is 4.39 Å². The Morgan fingerprint density at radius 2 is 2.38 bits per heavy atom. The van der Waals surface area contributed by atoms with E-state index in [1.54, 1.807) is 12.1 Å². The van der Waals surface area contributed by atoms with Crippen LogP contribution < -0.4 is 0 Å². The lowest BCUT2D eigenvalue weighted by Gasteiger charge is -2.26. The number of rotatable bonds is 3. The van der Waals surface area contributed by atoms with Crippen molar-refractivity contribution in [2.24, 2.45) is 5.92 Å². The molecule has 1 aliphatic heterocycles. The van der Waals surface area contributed by atoms with Crippen molar-refractivity contribution in [3.63, 3.8) is 0 Å². The van der Waals surface area contributed by atoms with Crippen molar-refractivity contribution in [1.82, 2.24) is 0 Å². The van der Waals surface area contributed by atoms with Gasteiger partial charge in [0.2, 0.25) is 0 Å². The van der Waals surface area contributed by atoms with Gasteiger partial charge in [0.25, 0.3) is 0 Å². The van der Waals surface area contributed by atoms with Gasteiger partial charge in [0.1, 0.15) is 5.82 Å². The van der Waals surface area contributed by atoms with Crippen LogP contribution in [0.15, 0.2) is 24.3 Å². The third-order valence-electron chi connectivity index (χ3n) is 3.03. The van der Waals surface area contributed by atoms with Gasteiger partial charge in [0.05, 0.1) is 6.61 Å². The van der Waals surface area contributed by atoms with Crippen molar-refractivity contribution < 1.29 is 9.13 Å². The van der Waals surface area contributed by atoms with E-state index in [4.69, 9.17) is 16.3 Å². The first kappa shape index (κ1) is 11.9. The van der Waals surface area contributed by atoms with Crippen molar-refractivity contribution in [2.75, 3.05) is 13.2 Å². The van der Waals surface area contributed by atoms with Crippen LogP contribution in [0.2, 0.25) is 0 Å². The molecule has 0 aromatic heterocycles. The summed E-state index contributed by atoms with van der Waals surface area (Å²) in [7, 11) is 0. The molecule has 0 bridgehead atoms. The molecule has 1 saturated heterocycles. The van der Waals surface area contributed by atoms with Crippen LogP contribution in [-0.2, 0) is 11.2 Å². The van der Waals surface area contributed by atoms with E-state index in [1.807, 2.05) is 6.07 Å². The van der Waals surface area contributed by atoms with Gasteiger partial charge in [-0.05, 0) is 42.9 Å². The van der Waals surface area contributed by atoms with Crippen molar-refractivity contribution in [3.05, 3.63) is 35.6 Å². The molecular formula is C13H16ClFO. The Balaban J connectivity index is 1.93. The van der Waals surface area contributed by atoms with Crippen LogP contribution in [0.3, 0.4) is 0 Å². The molecule has 0 aliphatic carbocycles. The summed E-state index contributed by atoms with van der Waals surface area (Å²) in [6.07, 6.45) is 2.91. The fourth-order valence-corrected chi connectivity index (χ4v) is 2.48. The molecule has 1 fully saturated rings. The Morgan fingerprint density at radius 3 is 3.06 bits per heavy atom. The number of hydrogen-bond acceptors (Lipinski definition) is 1. The summed E-state index contributed by atoms with van der Waals surface area (Å²) >= 11 is 6.34. The number of halogens is 2. The Morgan fingerprint density at radius 1 is 1.50 bits per heavy atom. The molecule has 1 nitrogen and oxygen atoms in total. The lowest BCUT2D eigenvalue weighted by atomic mass is 9.94. The molecule has 0 radical (unpaired) electrons. The summed E-state index contributed by atoms with van der Waals surface area (Å²) in [5, 5.41) is 0.0436. The average Bonchev–Trinajstić information content (AvgIpc) is 2.30. The van der Waals surface area contributed by atoms with Gasteiger partial charge in [-0.15, -0.1) is 11.6 Å². The quantitative estimate of drug-likeness (QED) is 0.739. The molecule has 2 atom stereocenters. The molecule has 0 spiro atoms. The average molecular weight is 243 g/mol. The Hall–Kier alpha value is -0.600. The molecule has 1 aromatic carbocycles. The first-order chi connectivity index (χ1) is 7.75. The van der Waals surface area contributed by atoms with Gasteiger partial charge in [-0.1, -0.05) is 12.1 Å². The third-order valence-corrected chi connectivity index (χ3v) is 3.54. The Labute approximate surface area is 101 Å². The zero-order valence-electron chi connectivity index (χ0n) is 9.16. The molecule has 1 heterocycles. The van der Waals surface area contributed by atoms with Crippen molar-refractivity contribution in [3.8, 4) is 0 Å². The van der Waals surface area contributed by atoms with E-state index in [9.17, 15) is 4.39 Å². The maximum Gasteiger partial charge on any atom is 0.123 e. The molecule has 16 heavy (non-hydrogen) atoms. The zero-order chi connectivity index (χ0) is 11.4. The highest BCUT2D eigenvalue weighted by molar-refractivity contribution is 6.20. The molecule has 2 unspecified atom stereocenters. The molecule has 88 valence electrons. The number of alkyl halides is 1. The van der Waals surface area contributed by atoms with Gasteiger partial charge < -0.3 is 4.74 Å². The van der Waals surface area contributed by atoms with Crippen molar-refractivity contribution in [2.45, 2.75) is 24.6 Å². The van der Waals surface area contributed by atoms with E-state index in [1.165, 1.54) is 6.07 Å². The van der Waals surface area contributed by atoms with Gasteiger partial charge in [-0.3, -0.25) is 0 Å². The maximum atomic E-state index is 13.0. The van der Waals surface area contributed by atoms with E-state index < -0.39 is 0 Å². The standard InChI is InChI=1S/C13H16ClFO/c14-13(11-4-2-6-16-9-11)8-10-3-1-5-12(15)7-10/h1,3,5,7,11,13H,2,4,6,8-9H2. The summed E-state index contributed by atoms with van der Waals surface area (Å²) < 4.78 is 18.4. The van der Waals surface area contributed by atoms with Crippen LogP contribution in [0, 0.1) is 11.7 Å². The number of benzene rings is 1. The van der Waals surface area contributed by atoms with E-state index in [-0.39, 0.29) is 11.2 Å². The largest absolute Gasteiger partial charge is 0.381 e. The molecule has 0 N–H and O–H groups in total. The van der Waals surface area contributed by atoms with Crippen LogP contribution in [0.5, 0.6) is 0 Å². The maximum absolute atomic E-state index is 13.0. The minimum absolute atomic E-state index is 0.0436. The summed E-state index contributed by atoms with van der Waals surface area (Å²) in [5.74, 6) is 0.208. The van der Waals surface area contributed by atoms with E-state index in [2.05, 4.69) is 0 Å². The van der Waals surface area contributed by atoms with E-state index in [0.717, 1.165) is 31.6 Å². The molecular weight excluding hydrogens is 227 g/mol. The monoisotopic (exact) mass is 242 g/mol. The van der Waals surface area contributed by atoms with Gasteiger partial charge in [0.15, 0.2) is 0 Å². The summed E-state index contributed by atoms with van der Waals surface area (Å²) in [6.45, 7) is 1.59. The van der Waals surface area contributed by atoms with Gasteiger partial charge in [-0.2, -0.15) is 0 Å². The number of hydrogen-bond donors (Lipinski definition) is 0. The smallest absolute Gasteiger partial charge is 0.123 e. The molecule has 0 amide bonds. The first-order valence-corrected chi connectivity index (χ1v) is 6.15. The van der Waals surface area contributed by atoms with E-state index in [0.29, 0.717) is 12.3 Å². The number of ether oxygens (including phenoxy) is 1. The lowest BCUT2D eigenvalue weighted by molar-refractivity contribution is 0.0533. The molecule has 1 aliphatic rings. The van der Waals surface area contributed by atoms with Gasteiger partial charge in [0, 0.05) is 12.0 Å². The second-order valence-electron chi connectivity index (χ2n) is 4.33. The second-order valence-corrected chi connectivity index (χ2v) is 4.89. The molecule has 0 saturated carbocycles. The first-order valence-electron chi connectivity index (χ1n) is 5.72. The van der Waals surface area contributed by atoms with Crippen LogP contribution in [0.1, 0.15) is 18.4 Å². The Bertz CT molecular complexity index is 336. The van der Waals surface area contributed by atoms with Crippen molar-refractivity contribution in [1.29, 1.82) is 0 Å². The predicted octanol–water partition coefficient (Wildman–Crippen LogP) is 3.40. The molecule has 3 heteroatoms. The minimum Gasteiger partial charge on any atom is -0.381 e. The summed E-state index contributed by atoms with van der Waals surface area (Å²) in [5.41, 5.74) is 0.963. The predicted molar refractivity (Wildman–Crippen MR) is 63.3 cm³/mol. The molecule has 1 aromatic rings. The minimum atomic E-state index is -0.193. The van der Waals surface area contributed by atoms with Crippen molar-refractivity contribution >= 4 is 11.6 Å². The second kappa shape index (κ2) is 5.65. The lowest BCUT2D eigenvalue weighted by Crippen LogP contribution is -2.27.